The van der Waals surface area contributed by atoms with E-state index in [1.54, 1.807) is 0 Å². The van der Waals surface area contributed by atoms with Crippen molar-refractivity contribution in [2.75, 3.05) is 13.2 Å². The summed E-state index contributed by atoms with van der Waals surface area (Å²) >= 11 is 0. The molecule has 1 aromatic rings. The molecule has 1 heterocycles. The van der Waals surface area contributed by atoms with Gasteiger partial charge in [-0.15, -0.1) is 0 Å². The second-order valence-electron chi connectivity index (χ2n) is 4.29. The van der Waals surface area contributed by atoms with Gasteiger partial charge in [-0.05, 0) is 44.4 Å². The van der Waals surface area contributed by atoms with Crippen LogP contribution in [0.2, 0.25) is 0 Å². The van der Waals surface area contributed by atoms with E-state index in [0.717, 1.165) is 25.9 Å². The second kappa shape index (κ2) is 7.47. The van der Waals surface area contributed by atoms with Crippen LogP contribution >= 0.6 is 0 Å². The van der Waals surface area contributed by atoms with E-state index in [-0.39, 0.29) is 0 Å². The van der Waals surface area contributed by atoms with Gasteiger partial charge in [-0.25, -0.2) is 0 Å². The SMILES string of the molecule is CCCNC(C)c1ccn(CCCCO)c1. The zero-order valence-corrected chi connectivity index (χ0v) is 10.4. The number of nitrogens with zero attached hydrogens (tertiary/aromatic N) is 1. The van der Waals surface area contributed by atoms with Gasteiger partial charge in [0.2, 0.25) is 0 Å². The summed E-state index contributed by atoms with van der Waals surface area (Å²) in [6.07, 6.45) is 7.42. The molecule has 3 nitrogen and oxygen atoms in total. The highest BCUT2D eigenvalue weighted by Crippen LogP contribution is 2.13. The van der Waals surface area contributed by atoms with Gasteiger partial charge >= 0.3 is 0 Å². The molecule has 0 fully saturated rings. The highest BCUT2D eigenvalue weighted by molar-refractivity contribution is 5.14. The highest BCUT2D eigenvalue weighted by Gasteiger charge is 2.05. The summed E-state index contributed by atoms with van der Waals surface area (Å²) in [4.78, 5) is 0. The lowest BCUT2D eigenvalue weighted by molar-refractivity contribution is 0.281. The Morgan fingerprint density at radius 3 is 2.94 bits per heavy atom. The molecule has 1 atom stereocenters. The van der Waals surface area contributed by atoms with Gasteiger partial charge in [0.25, 0.3) is 0 Å². The molecule has 2 N–H and O–H groups in total. The van der Waals surface area contributed by atoms with Crippen LogP contribution in [0.4, 0.5) is 0 Å². The summed E-state index contributed by atoms with van der Waals surface area (Å²) in [5.74, 6) is 0. The minimum atomic E-state index is 0.294. The molecule has 0 aliphatic carbocycles. The van der Waals surface area contributed by atoms with Crippen molar-refractivity contribution in [3.63, 3.8) is 0 Å². The molecule has 92 valence electrons. The van der Waals surface area contributed by atoms with Crippen LogP contribution in [-0.4, -0.2) is 22.8 Å². The maximum atomic E-state index is 8.72. The zero-order valence-electron chi connectivity index (χ0n) is 10.4. The maximum absolute atomic E-state index is 8.72. The van der Waals surface area contributed by atoms with Crippen molar-refractivity contribution in [2.24, 2.45) is 0 Å². The van der Waals surface area contributed by atoms with Crippen molar-refractivity contribution in [3.8, 4) is 0 Å². The standard InChI is InChI=1S/C13H24N2O/c1-3-7-14-12(2)13-6-9-15(11-13)8-4-5-10-16/h6,9,11-12,14,16H,3-5,7-8,10H2,1-2H3. The molecule has 1 aromatic heterocycles. The Balaban J connectivity index is 2.37. The summed E-state index contributed by atoms with van der Waals surface area (Å²) in [6, 6.07) is 2.60. The van der Waals surface area contributed by atoms with Crippen LogP contribution in [0.1, 0.15) is 44.7 Å². The molecule has 0 saturated heterocycles. The third kappa shape index (κ3) is 4.37. The molecule has 1 rings (SSSR count). The monoisotopic (exact) mass is 224 g/mol. The van der Waals surface area contributed by atoms with E-state index in [1.807, 2.05) is 0 Å². The second-order valence-corrected chi connectivity index (χ2v) is 4.29. The predicted molar refractivity (Wildman–Crippen MR) is 67.5 cm³/mol. The lowest BCUT2D eigenvalue weighted by Crippen LogP contribution is -2.18. The van der Waals surface area contributed by atoms with E-state index in [2.05, 4.69) is 42.2 Å². The van der Waals surface area contributed by atoms with Crippen molar-refractivity contribution in [3.05, 3.63) is 24.0 Å². The minimum Gasteiger partial charge on any atom is -0.396 e. The van der Waals surface area contributed by atoms with E-state index in [9.17, 15) is 0 Å². The smallest absolute Gasteiger partial charge is 0.0431 e. The van der Waals surface area contributed by atoms with Gasteiger partial charge in [-0.3, -0.25) is 0 Å². The molecular weight excluding hydrogens is 200 g/mol. The van der Waals surface area contributed by atoms with Gasteiger partial charge in [-0.1, -0.05) is 6.92 Å². The molecule has 0 amide bonds. The summed E-state index contributed by atoms with van der Waals surface area (Å²) < 4.78 is 2.20. The topological polar surface area (TPSA) is 37.2 Å². The lowest BCUT2D eigenvalue weighted by Gasteiger charge is -2.11. The van der Waals surface area contributed by atoms with Crippen LogP contribution in [0.5, 0.6) is 0 Å². The molecule has 0 aromatic carbocycles. The van der Waals surface area contributed by atoms with Crippen molar-refractivity contribution in [2.45, 2.75) is 45.7 Å². The van der Waals surface area contributed by atoms with Gasteiger partial charge in [0.15, 0.2) is 0 Å². The maximum Gasteiger partial charge on any atom is 0.0431 e. The molecule has 0 radical (unpaired) electrons. The quantitative estimate of drug-likeness (QED) is 0.665. The van der Waals surface area contributed by atoms with Crippen LogP contribution in [0.3, 0.4) is 0 Å². The van der Waals surface area contributed by atoms with Crippen LogP contribution in [0.25, 0.3) is 0 Å². The fourth-order valence-electron chi connectivity index (χ4n) is 1.74. The third-order valence-corrected chi connectivity index (χ3v) is 2.80. The van der Waals surface area contributed by atoms with E-state index in [1.165, 1.54) is 12.0 Å². The van der Waals surface area contributed by atoms with Crippen molar-refractivity contribution >= 4 is 0 Å². The van der Waals surface area contributed by atoms with Crippen LogP contribution in [0, 0.1) is 0 Å². The van der Waals surface area contributed by atoms with Crippen LogP contribution < -0.4 is 5.32 Å². The van der Waals surface area contributed by atoms with Crippen molar-refractivity contribution in [1.82, 2.24) is 9.88 Å². The number of nitrogens with one attached hydrogen (secondary N) is 1. The molecule has 3 heteroatoms. The van der Waals surface area contributed by atoms with Gasteiger partial charge in [-0.2, -0.15) is 0 Å². The Morgan fingerprint density at radius 1 is 1.44 bits per heavy atom. The molecule has 16 heavy (non-hydrogen) atoms. The number of aromatic nitrogens is 1. The molecule has 0 bridgehead atoms. The first-order chi connectivity index (χ1) is 7.77. The normalized spacial score (nSPS) is 12.9. The number of unbranched alkanes of at least 4 members (excludes halogenated alkanes) is 1. The van der Waals surface area contributed by atoms with Gasteiger partial charge in [0.1, 0.15) is 0 Å². The zero-order chi connectivity index (χ0) is 11.8. The predicted octanol–water partition coefficient (Wildman–Crippen LogP) is 2.32. The number of aryl methyl sites for hydroxylation is 1. The first-order valence-electron chi connectivity index (χ1n) is 6.27. The summed E-state index contributed by atoms with van der Waals surface area (Å²) in [5, 5.41) is 12.2. The van der Waals surface area contributed by atoms with Crippen LogP contribution in [0.15, 0.2) is 18.5 Å². The number of hydrogen-bond acceptors (Lipinski definition) is 2. The fourth-order valence-corrected chi connectivity index (χ4v) is 1.74. The fraction of sp³-hybridized carbons (Fsp3) is 0.692. The average Bonchev–Trinajstić information content (AvgIpc) is 2.75. The molecule has 0 spiro atoms. The molecule has 0 aliphatic heterocycles. The van der Waals surface area contributed by atoms with Crippen LogP contribution in [-0.2, 0) is 6.54 Å². The Bertz CT molecular complexity index is 283. The highest BCUT2D eigenvalue weighted by atomic mass is 16.2. The van der Waals surface area contributed by atoms with E-state index >= 15 is 0 Å². The largest absolute Gasteiger partial charge is 0.396 e. The Morgan fingerprint density at radius 2 is 2.25 bits per heavy atom. The summed E-state index contributed by atoms with van der Waals surface area (Å²) in [5.41, 5.74) is 1.34. The minimum absolute atomic E-state index is 0.294. The first kappa shape index (κ1) is 13.3. The third-order valence-electron chi connectivity index (χ3n) is 2.80. The summed E-state index contributed by atoms with van der Waals surface area (Å²) in [7, 11) is 0. The Kier molecular flexibility index (Phi) is 6.19. The average molecular weight is 224 g/mol. The number of hydrogen-bond donors (Lipinski definition) is 2. The van der Waals surface area contributed by atoms with E-state index < -0.39 is 0 Å². The Labute approximate surface area is 98.5 Å². The number of rotatable bonds is 8. The van der Waals surface area contributed by atoms with Gasteiger partial charge in [0, 0.05) is 31.6 Å². The first-order valence-corrected chi connectivity index (χ1v) is 6.27. The van der Waals surface area contributed by atoms with Gasteiger partial charge in [0.05, 0.1) is 0 Å². The van der Waals surface area contributed by atoms with Crippen molar-refractivity contribution in [1.29, 1.82) is 0 Å². The van der Waals surface area contributed by atoms with Crippen molar-refractivity contribution < 1.29 is 5.11 Å². The molecular formula is C13H24N2O. The van der Waals surface area contributed by atoms with E-state index in [0.29, 0.717) is 12.6 Å². The van der Waals surface area contributed by atoms with E-state index in [4.69, 9.17) is 5.11 Å². The lowest BCUT2D eigenvalue weighted by atomic mass is 10.2. The molecule has 0 saturated carbocycles. The Hall–Kier alpha value is -0.800. The molecule has 0 aliphatic rings. The molecule has 1 unspecified atom stereocenters. The van der Waals surface area contributed by atoms with Gasteiger partial charge < -0.3 is 15.0 Å². The number of aliphatic hydroxyl groups excluding tert-OH is 1. The number of aliphatic hydroxyl groups is 1. The summed E-state index contributed by atoms with van der Waals surface area (Å²) in [6.45, 7) is 6.74.